The third-order valence-corrected chi connectivity index (χ3v) is 5.60. The van der Waals surface area contributed by atoms with Crippen molar-refractivity contribution in [2.75, 3.05) is 0 Å². The molecule has 0 bridgehead atoms. The molecule has 1 amide bonds. The Bertz CT molecular complexity index is 1130. The average Bonchev–Trinajstić information content (AvgIpc) is 3.19. The van der Waals surface area contributed by atoms with E-state index >= 15 is 0 Å². The summed E-state index contributed by atoms with van der Waals surface area (Å²) in [6, 6.07) is 18.6. The molecule has 0 unspecified atom stereocenters. The molecular formula is C21H14Cl2N2OS. The van der Waals surface area contributed by atoms with Crippen LogP contribution in [0.4, 0.5) is 0 Å². The molecule has 2 aromatic carbocycles. The van der Waals surface area contributed by atoms with Gasteiger partial charge in [0.15, 0.2) is 0 Å². The van der Waals surface area contributed by atoms with E-state index in [0.717, 1.165) is 21.3 Å². The Morgan fingerprint density at radius 3 is 2.67 bits per heavy atom. The van der Waals surface area contributed by atoms with Gasteiger partial charge in [-0.1, -0.05) is 47.5 Å². The smallest absolute Gasteiger partial charge is 0.252 e. The van der Waals surface area contributed by atoms with E-state index < -0.39 is 0 Å². The molecule has 27 heavy (non-hydrogen) atoms. The predicted octanol–water partition coefficient (Wildman–Crippen LogP) is 6.20. The van der Waals surface area contributed by atoms with Gasteiger partial charge in [0.25, 0.3) is 5.91 Å². The number of fused-ring (bicyclic) bond motifs is 1. The van der Waals surface area contributed by atoms with Crippen LogP contribution in [-0.4, -0.2) is 10.9 Å². The number of carbonyl (C=O) groups is 1. The lowest BCUT2D eigenvalue weighted by molar-refractivity contribution is 0.0953. The second kappa shape index (κ2) is 7.69. The summed E-state index contributed by atoms with van der Waals surface area (Å²) in [4.78, 5) is 18.7. The van der Waals surface area contributed by atoms with Crippen LogP contribution < -0.4 is 5.32 Å². The molecule has 0 fully saturated rings. The Morgan fingerprint density at radius 2 is 1.89 bits per heavy atom. The van der Waals surface area contributed by atoms with E-state index in [4.69, 9.17) is 23.2 Å². The largest absolute Gasteiger partial charge is 0.347 e. The van der Waals surface area contributed by atoms with E-state index in [1.165, 1.54) is 0 Å². The van der Waals surface area contributed by atoms with Gasteiger partial charge in [0.05, 0.1) is 28.3 Å². The summed E-state index contributed by atoms with van der Waals surface area (Å²) in [5, 5.41) is 6.83. The van der Waals surface area contributed by atoms with Crippen molar-refractivity contribution in [3.8, 4) is 11.3 Å². The van der Waals surface area contributed by atoms with Gasteiger partial charge in [-0.2, -0.15) is 0 Å². The molecule has 0 aliphatic heterocycles. The van der Waals surface area contributed by atoms with Gasteiger partial charge in [-0.15, -0.1) is 11.3 Å². The molecule has 0 aliphatic rings. The summed E-state index contributed by atoms with van der Waals surface area (Å²) < 4.78 is 0. The molecule has 3 nitrogen and oxygen atoms in total. The van der Waals surface area contributed by atoms with Gasteiger partial charge in [0.2, 0.25) is 0 Å². The van der Waals surface area contributed by atoms with E-state index in [1.807, 2.05) is 47.8 Å². The number of halogens is 2. The van der Waals surface area contributed by atoms with E-state index in [0.29, 0.717) is 27.8 Å². The first-order valence-corrected chi connectivity index (χ1v) is 9.91. The molecule has 2 aromatic heterocycles. The Morgan fingerprint density at radius 1 is 1.04 bits per heavy atom. The van der Waals surface area contributed by atoms with Gasteiger partial charge >= 0.3 is 0 Å². The lowest BCUT2D eigenvalue weighted by Gasteiger charge is -2.11. The van der Waals surface area contributed by atoms with E-state index in [2.05, 4.69) is 10.3 Å². The predicted molar refractivity (Wildman–Crippen MR) is 113 cm³/mol. The number of thiophene rings is 1. The summed E-state index contributed by atoms with van der Waals surface area (Å²) in [5.74, 6) is -0.145. The minimum absolute atomic E-state index is 0.145. The highest BCUT2D eigenvalue weighted by Gasteiger charge is 2.15. The molecule has 0 atom stereocenters. The SMILES string of the molecule is O=C(NCc1cccs1)c1cc(-c2ccc(Cl)cc2Cl)nc2ccccc12. The summed E-state index contributed by atoms with van der Waals surface area (Å²) >= 11 is 14.0. The van der Waals surface area contributed by atoms with Crippen molar-refractivity contribution in [3.05, 3.63) is 86.5 Å². The molecular weight excluding hydrogens is 399 g/mol. The molecule has 1 N–H and O–H groups in total. The number of carbonyl (C=O) groups excluding carboxylic acids is 1. The zero-order chi connectivity index (χ0) is 18.8. The van der Waals surface area contributed by atoms with Crippen molar-refractivity contribution in [2.24, 2.45) is 0 Å². The van der Waals surface area contributed by atoms with Crippen molar-refractivity contribution < 1.29 is 4.79 Å². The van der Waals surface area contributed by atoms with Gasteiger partial charge in [-0.05, 0) is 41.8 Å². The second-order valence-electron chi connectivity index (χ2n) is 5.96. The first kappa shape index (κ1) is 18.0. The standard InChI is InChI=1S/C21H14Cl2N2OS/c22-13-7-8-16(18(23)10-13)20-11-17(15-5-1-2-6-19(15)25-20)21(26)24-12-14-4-3-9-27-14/h1-11H,12H2,(H,24,26). The zero-order valence-corrected chi connectivity index (χ0v) is 16.4. The third-order valence-electron chi connectivity index (χ3n) is 4.17. The number of hydrogen-bond donors (Lipinski definition) is 1. The third kappa shape index (κ3) is 3.83. The Hall–Kier alpha value is -2.40. The maximum atomic E-state index is 12.9. The Balaban J connectivity index is 1.77. The van der Waals surface area contributed by atoms with Crippen molar-refractivity contribution in [1.82, 2.24) is 10.3 Å². The number of para-hydroxylation sites is 1. The molecule has 0 aliphatic carbocycles. The molecule has 4 aromatic rings. The van der Waals surface area contributed by atoms with E-state index in [9.17, 15) is 4.79 Å². The monoisotopic (exact) mass is 412 g/mol. The van der Waals surface area contributed by atoms with Crippen LogP contribution in [0.2, 0.25) is 10.0 Å². The topological polar surface area (TPSA) is 42.0 Å². The fraction of sp³-hybridized carbons (Fsp3) is 0.0476. The van der Waals surface area contributed by atoms with Crippen molar-refractivity contribution >= 4 is 51.3 Å². The van der Waals surface area contributed by atoms with E-state index in [-0.39, 0.29) is 5.91 Å². The molecule has 2 heterocycles. The van der Waals surface area contributed by atoms with Gasteiger partial charge in [-0.25, -0.2) is 4.98 Å². The molecule has 0 spiro atoms. The number of nitrogens with zero attached hydrogens (tertiary/aromatic N) is 1. The molecule has 0 saturated heterocycles. The fourth-order valence-electron chi connectivity index (χ4n) is 2.87. The van der Waals surface area contributed by atoms with Crippen molar-refractivity contribution in [1.29, 1.82) is 0 Å². The molecule has 6 heteroatoms. The maximum Gasteiger partial charge on any atom is 0.252 e. The molecule has 134 valence electrons. The van der Waals surface area contributed by atoms with Gasteiger partial charge in [-0.3, -0.25) is 4.79 Å². The van der Waals surface area contributed by atoms with Gasteiger partial charge in [0.1, 0.15) is 0 Å². The minimum Gasteiger partial charge on any atom is -0.347 e. The van der Waals surface area contributed by atoms with Crippen LogP contribution in [0.5, 0.6) is 0 Å². The first-order valence-electron chi connectivity index (χ1n) is 8.27. The van der Waals surface area contributed by atoms with Gasteiger partial charge in [0, 0.05) is 20.8 Å². The summed E-state index contributed by atoms with van der Waals surface area (Å²) in [6.07, 6.45) is 0. The minimum atomic E-state index is -0.145. The van der Waals surface area contributed by atoms with Crippen LogP contribution in [0.25, 0.3) is 22.2 Å². The van der Waals surface area contributed by atoms with Crippen LogP contribution in [0.15, 0.2) is 66.0 Å². The lowest BCUT2D eigenvalue weighted by atomic mass is 10.0. The highest BCUT2D eigenvalue weighted by Crippen LogP contribution is 2.31. The van der Waals surface area contributed by atoms with Crippen LogP contribution in [0.3, 0.4) is 0 Å². The number of pyridine rings is 1. The number of amides is 1. The number of aromatic nitrogens is 1. The van der Waals surface area contributed by atoms with E-state index in [1.54, 1.807) is 29.5 Å². The van der Waals surface area contributed by atoms with Crippen molar-refractivity contribution in [3.63, 3.8) is 0 Å². The molecule has 4 rings (SSSR count). The highest BCUT2D eigenvalue weighted by atomic mass is 35.5. The highest BCUT2D eigenvalue weighted by molar-refractivity contribution is 7.09. The lowest BCUT2D eigenvalue weighted by Crippen LogP contribution is -2.22. The Labute approximate surface area is 170 Å². The zero-order valence-electron chi connectivity index (χ0n) is 14.1. The average molecular weight is 413 g/mol. The molecule has 0 saturated carbocycles. The summed E-state index contributed by atoms with van der Waals surface area (Å²) in [5.41, 5.74) is 2.68. The number of nitrogens with one attached hydrogen (secondary N) is 1. The van der Waals surface area contributed by atoms with Gasteiger partial charge < -0.3 is 5.32 Å². The summed E-state index contributed by atoms with van der Waals surface area (Å²) in [7, 11) is 0. The fourth-order valence-corrected chi connectivity index (χ4v) is 4.02. The first-order chi connectivity index (χ1) is 13.1. The second-order valence-corrected chi connectivity index (χ2v) is 7.83. The van der Waals surface area contributed by atoms with Crippen LogP contribution >= 0.6 is 34.5 Å². The number of rotatable bonds is 4. The number of hydrogen-bond acceptors (Lipinski definition) is 3. The van der Waals surface area contributed by atoms with Crippen molar-refractivity contribution in [2.45, 2.75) is 6.54 Å². The van der Waals surface area contributed by atoms with Crippen LogP contribution in [0.1, 0.15) is 15.2 Å². The molecule has 0 radical (unpaired) electrons. The van der Waals surface area contributed by atoms with Crippen LogP contribution in [-0.2, 0) is 6.54 Å². The normalized spacial score (nSPS) is 10.9. The van der Waals surface area contributed by atoms with Crippen LogP contribution in [0, 0.1) is 0 Å². The summed E-state index contributed by atoms with van der Waals surface area (Å²) in [6.45, 7) is 0.490. The number of benzene rings is 2. The maximum absolute atomic E-state index is 12.9. The quantitative estimate of drug-likeness (QED) is 0.433. The Kier molecular flexibility index (Phi) is 5.12.